The third kappa shape index (κ3) is 2.96. The van der Waals surface area contributed by atoms with Crippen molar-refractivity contribution < 1.29 is 0 Å². The summed E-state index contributed by atoms with van der Waals surface area (Å²) < 4.78 is 0. The molecule has 0 aromatic heterocycles. The number of likely N-dealkylation sites (N-methyl/N-ethyl adjacent to an activating group) is 1. The van der Waals surface area contributed by atoms with Crippen LogP contribution in [-0.4, -0.2) is 23.7 Å². The van der Waals surface area contributed by atoms with Crippen molar-refractivity contribution in [2.45, 2.75) is 32.9 Å². The molecule has 0 heterocycles. The molecular formula is C17H24N2. The first kappa shape index (κ1) is 14.0. The van der Waals surface area contributed by atoms with E-state index in [1.165, 1.54) is 16.3 Å². The molecule has 0 aliphatic rings. The summed E-state index contributed by atoms with van der Waals surface area (Å²) in [4.78, 5) is 2.31. The van der Waals surface area contributed by atoms with Gasteiger partial charge in [0, 0.05) is 6.42 Å². The Hall–Kier alpha value is -1.38. The second kappa shape index (κ2) is 5.72. The average molecular weight is 256 g/mol. The summed E-state index contributed by atoms with van der Waals surface area (Å²) in [5.74, 6) is 0. The smallest absolute Gasteiger partial charge is 0.0699 e. The molecule has 19 heavy (non-hydrogen) atoms. The van der Waals surface area contributed by atoms with E-state index in [2.05, 4.69) is 68.1 Å². The van der Waals surface area contributed by atoms with Crippen LogP contribution in [0.15, 0.2) is 42.5 Å². The molecule has 2 nitrogen and oxygen atoms in total. The van der Waals surface area contributed by atoms with Gasteiger partial charge in [0.25, 0.3) is 0 Å². The number of hydrogen-bond donors (Lipinski definition) is 1. The molecule has 102 valence electrons. The van der Waals surface area contributed by atoms with E-state index in [-0.39, 0.29) is 5.66 Å². The number of hydrogen-bond acceptors (Lipinski definition) is 2. The Balaban J connectivity index is 2.35. The molecule has 2 N–H and O–H groups in total. The van der Waals surface area contributed by atoms with Gasteiger partial charge in [-0.15, -0.1) is 0 Å². The van der Waals surface area contributed by atoms with Gasteiger partial charge in [-0.1, -0.05) is 56.3 Å². The molecule has 0 saturated carbocycles. The summed E-state index contributed by atoms with van der Waals surface area (Å²) >= 11 is 0. The number of rotatable bonds is 5. The molecule has 0 amide bonds. The molecule has 2 heteroatoms. The van der Waals surface area contributed by atoms with E-state index in [4.69, 9.17) is 5.73 Å². The summed E-state index contributed by atoms with van der Waals surface area (Å²) in [6, 6.07) is 15.0. The largest absolute Gasteiger partial charge is 0.313 e. The predicted octanol–water partition coefficient (Wildman–Crippen LogP) is 3.40. The first-order chi connectivity index (χ1) is 9.08. The highest BCUT2D eigenvalue weighted by Crippen LogP contribution is 2.23. The maximum Gasteiger partial charge on any atom is 0.0699 e. The molecule has 0 aliphatic carbocycles. The highest BCUT2D eigenvalue weighted by atomic mass is 15.3. The molecular weight excluding hydrogens is 232 g/mol. The zero-order valence-corrected chi connectivity index (χ0v) is 12.2. The third-order valence-corrected chi connectivity index (χ3v) is 3.91. The molecule has 2 rings (SSSR count). The second-order valence-corrected chi connectivity index (χ2v) is 5.34. The molecule has 0 fully saturated rings. The normalized spacial score (nSPS) is 14.8. The van der Waals surface area contributed by atoms with Crippen LogP contribution in [0.2, 0.25) is 0 Å². The van der Waals surface area contributed by atoms with Crippen LogP contribution in [0.25, 0.3) is 10.8 Å². The van der Waals surface area contributed by atoms with Gasteiger partial charge in [-0.3, -0.25) is 4.90 Å². The van der Waals surface area contributed by atoms with Crippen molar-refractivity contribution in [3.05, 3.63) is 48.0 Å². The van der Waals surface area contributed by atoms with Crippen molar-refractivity contribution in [2.24, 2.45) is 5.73 Å². The Morgan fingerprint density at radius 3 is 2.32 bits per heavy atom. The van der Waals surface area contributed by atoms with Crippen molar-refractivity contribution in [1.82, 2.24) is 4.90 Å². The highest BCUT2D eigenvalue weighted by molar-refractivity contribution is 5.85. The maximum atomic E-state index is 6.53. The van der Waals surface area contributed by atoms with Crippen LogP contribution in [0.1, 0.15) is 26.3 Å². The van der Waals surface area contributed by atoms with Gasteiger partial charge < -0.3 is 5.73 Å². The second-order valence-electron chi connectivity index (χ2n) is 5.34. The Kier molecular flexibility index (Phi) is 4.23. The number of nitrogens with two attached hydrogens (primary N) is 1. The lowest BCUT2D eigenvalue weighted by molar-refractivity contribution is 0.123. The predicted molar refractivity (Wildman–Crippen MR) is 83.2 cm³/mol. The Labute approximate surface area is 116 Å². The summed E-state index contributed by atoms with van der Waals surface area (Å²) in [5, 5.41) is 2.60. The summed E-state index contributed by atoms with van der Waals surface area (Å²) in [5.41, 5.74) is 7.56. The molecule has 0 spiro atoms. The summed E-state index contributed by atoms with van der Waals surface area (Å²) in [6.45, 7) is 8.42. The Morgan fingerprint density at radius 2 is 1.63 bits per heavy atom. The molecule has 0 aliphatic heterocycles. The zero-order chi connectivity index (χ0) is 13.9. The van der Waals surface area contributed by atoms with E-state index >= 15 is 0 Å². The van der Waals surface area contributed by atoms with Gasteiger partial charge >= 0.3 is 0 Å². The van der Waals surface area contributed by atoms with Crippen LogP contribution in [0, 0.1) is 0 Å². The zero-order valence-electron chi connectivity index (χ0n) is 12.2. The van der Waals surface area contributed by atoms with Crippen LogP contribution >= 0.6 is 0 Å². The SMILES string of the molecule is CCN(CC)C(C)(N)Cc1cccc2ccccc12. The monoisotopic (exact) mass is 256 g/mol. The van der Waals surface area contributed by atoms with E-state index in [1.807, 2.05) is 0 Å². The van der Waals surface area contributed by atoms with Gasteiger partial charge in [-0.05, 0) is 36.3 Å². The molecule has 0 bridgehead atoms. The Morgan fingerprint density at radius 1 is 1.00 bits per heavy atom. The van der Waals surface area contributed by atoms with E-state index < -0.39 is 0 Å². The Bertz CT molecular complexity index is 536. The fourth-order valence-corrected chi connectivity index (χ4v) is 2.89. The van der Waals surface area contributed by atoms with Crippen LogP contribution in [0.4, 0.5) is 0 Å². The van der Waals surface area contributed by atoms with Crippen LogP contribution < -0.4 is 5.73 Å². The van der Waals surface area contributed by atoms with Crippen LogP contribution in [-0.2, 0) is 6.42 Å². The van der Waals surface area contributed by atoms with Crippen LogP contribution in [0.3, 0.4) is 0 Å². The molecule has 0 saturated heterocycles. The van der Waals surface area contributed by atoms with Crippen LogP contribution in [0.5, 0.6) is 0 Å². The molecule has 2 aromatic rings. The van der Waals surface area contributed by atoms with Crippen molar-refractivity contribution in [3.63, 3.8) is 0 Å². The quantitative estimate of drug-likeness (QED) is 0.831. The van der Waals surface area contributed by atoms with Gasteiger partial charge in [0.15, 0.2) is 0 Å². The fourth-order valence-electron chi connectivity index (χ4n) is 2.89. The molecule has 1 atom stereocenters. The van der Waals surface area contributed by atoms with Gasteiger partial charge in [-0.25, -0.2) is 0 Å². The minimum absolute atomic E-state index is 0.298. The van der Waals surface area contributed by atoms with E-state index in [0.29, 0.717) is 0 Å². The third-order valence-electron chi connectivity index (χ3n) is 3.91. The lowest BCUT2D eigenvalue weighted by Crippen LogP contribution is -2.55. The first-order valence-electron chi connectivity index (χ1n) is 7.09. The van der Waals surface area contributed by atoms with E-state index in [9.17, 15) is 0 Å². The molecule has 1 unspecified atom stereocenters. The minimum Gasteiger partial charge on any atom is -0.313 e. The van der Waals surface area contributed by atoms with Crippen molar-refractivity contribution in [2.75, 3.05) is 13.1 Å². The van der Waals surface area contributed by atoms with Crippen molar-refractivity contribution in [3.8, 4) is 0 Å². The topological polar surface area (TPSA) is 29.3 Å². The van der Waals surface area contributed by atoms with Gasteiger partial charge in [-0.2, -0.15) is 0 Å². The summed E-state index contributed by atoms with van der Waals surface area (Å²) in [7, 11) is 0. The van der Waals surface area contributed by atoms with Crippen molar-refractivity contribution in [1.29, 1.82) is 0 Å². The standard InChI is InChI=1S/C17H24N2/c1-4-19(5-2)17(3,18)13-15-11-8-10-14-9-6-7-12-16(14)15/h6-12H,4-5,13,18H2,1-3H3. The lowest BCUT2D eigenvalue weighted by atomic mass is 9.95. The van der Waals surface area contributed by atoms with Gasteiger partial charge in [0.05, 0.1) is 5.66 Å². The lowest BCUT2D eigenvalue weighted by Gasteiger charge is -2.37. The number of nitrogens with zero attached hydrogens (tertiary/aromatic N) is 1. The molecule has 2 aromatic carbocycles. The van der Waals surface area contributed by atoms with E-state index in [1.54, 1.807) is 0 Å². The van der Waals surface area contributed by atoms with Gasteiger partial charge in [0.2, 0.25) is 0 Å². The van der Waals surface area contributed by atoms with Crippen molar-refractivity contribution >= 4 is 10.8 Å². The molecule has 0 radical (unpaired) electrons. The highest BCUT2D eigenvalue weighted by Gasteiger charge is 2.25. The first-order valence-corrected chi connectivity index (χ1v) is 7.09. The maximum absolute atomic E-state index is 6.53. The minimum atomic E-state index is -0.298. The fraction of sp³-hybridized carbons (Fsp3) is 0.412. The van der Waals surface area contributed by atoms with Gasteiger partial charge in [0.1, 0.15) is 0 Å². The average Bonchev–Trinajstić information content (AvgIpc) is 2.40. The summed E-state index contributed by atoms with van der Waals surface area (Å²) in [6.07, 6.45) is 0.871. The number of benzene rings is 2. The van der Waals surface area contributed by atoms with E-state index in [0.717, 1.165) is 19.5 Å². The number of fused-ring (bicyclic) bond motifs is 1.